The number of rotatable bonds is 6. The summed E-state index contributed by atoms with van der Waals surface area (Å²) in [5.74, 6) is -0.729. The van der Waals surface area contributed by atoms with Crippen molar-refractivity contribution in [2.45, 2.75) is 6.92 Å². The lowest BCUT2D eigenvalue weighted by Gasteiger charge is -2.08. The fraction of sp³-hybridized carbons (Fsp3) is 0.158. The van der Waals surface area contributed by atoms with E-state index in [-0.39, 0.29) is 24.9 Å². The quantitative estimate of drug-likeness (QED) is 0.657. The number of benzene rings is 2. The molecule has 0 saturated carbocycles. The minimum absolute atomic E-state index is 0.208. The van der Waals surface area contributed by atoms with E-state index in [1.165, 1.54) is 23.5 Å². The smallest absolute Gasteiger partial charge is 0.344 e. The summed E-state index contributed by atoms with van der Waals surface area (Å²) >= 11 is 1.22. The number of carbonyl (C=O) groups excluding carboxylic acids is 2. The Hall–Kier alpha value is -2.93. The first kappa shape index (κ1) is 17.9. The second kappa shape index (κ2) is 7.97. The average molecular weight is 373 g/mol. The molecular formula is C19H16FNO4S. The van der Waals surface area contributed by atoms with E-state index in [0.717, 1.165) is 0 Å². The van der Waals surface area contributed by atoms with Crippen molar-refractivity contribution >= 4 is 39.0 Å². The molecule has 2 aromatic carbocycles. The van der Waals surface area contributed by atoms with Gasteiger partial charge in [0.25, 0.3) is 5.91 Å². The number of hydrogen-bond acceptors (Lipinski definition) is 5. The molecule has 5 nitrogen and oxygen atoms in total. The van der Waals surface area contributed by atoms with E-state index in [1.54, 1.807) is 43.3 Å². The third kappa shape index (κ3) is 4.18. The van der Waals surface area contributed by atoms with Gasteiger partial charge in [-0.2, -0.15) is 0 Å². The monoisotopic (exact) mass is 373 g/mol. The highest BCUT2D eigenvalue weighted by molar-refractivity contribution is 7.20. The lowest BCUT2D eigenvalue weighted by atomic mass is 10.2. The Kier molecular flexibility index (Phi) is 5.48. The van der Waals surface area contributed by atoms with Crippen LogP contribution in [-0.4, -0.2) is 25.1 Å². The van der Waals surface area contributed by atoms with Gasteiger partial charge in [0.05, 0.1) is 11.5 Å². The van der Waals surface area contributed by atoms with E-state index in [9.17, 15) is 14.0 Å². The summed E-state index contributed by atoms with van der Waals surface area (Å²) in [7, 11) is 0. The molecule has 1 N–H and O–H groups in total. The molecule has 1 aromatic heterocycles. The van der Waals surface area contributed by atoms with Crippen LogP contribution in [0.4, 0.5) is 10.1 Å². The SMILES string of the molecule is CCOC(=O)COc1cccc(NC(=O)c2cc3c(F)cccc3s2)c1. The maximum atomic E-state index is 13.8. The van der Waals surface area contributed by atoms with E-state index < -0.39 is 5.97 Å². The molecule has 0 fully saturated rings. The zero-order valence-corrected chi connectivity index (χ0v) is 14.8. The Morgan fingerprint density at radius 3 is 2.73 bits per heavy atom. The summed E-state index contributed by atoms with van der Waals surface area (Å²) in [4.78, 5) is 24.2. The van der Waals surface area contributed by atoms with Crippen molar-refractivity contribution in [3.8, 4) is 5.75 Å². The van der Waals surface area contributed by atoms with Gasteiger partial charge in [0.2, 0.25) is 0 Å². The molecule has 0 spiro atoms. The maximum Gasteiger partial charge on any atom is 0.344 e. The van der Waals surface area contributed by atoms with Gasteiger partial charge in [-0.15, -0.1) is 11.3 Å². The summed E-state index contributed by atoms with van der Waals surface area (Å²) in [6, 6.07) is 12.9. The maximum absolute atomic E-state index is 13.8. The van der Waals surface area contributed by atoms with Gasteiger partial charge in [-0.1, -0.05) is 12.1 Å². The molecule has 0 bridgehead atoms. The molecule has 3 aromatic rings. The van der Waals surface area contributed by atoms with Crippen LogP contribution < -0.4 is 10.1 Å². The molecule has 0 radical (unpaired) electrons. The summed E-state index contributed by atoms with van der Waals surface area (Å²) in [5, 5.41) is 3.17. The molecule has 0 aliphatic carbocycles. The lowest BCUT2D eigenvalue weighted by Crippen LogP contribution is -2.15. The third-order valence-electron chi connectivity index (χ3n) is 3.49. The number of carbonyl (C=O) groups is 2. The first-order valence-corrected chi connectivity index (χ1v) is 8.76. The zero-order valence-electron chi connectivity index (χ0n) is 14.0. The Bertz CT molecular complexity index is 954. The molecule has 0 aliphatic heterocycles. The van der Waals surface area contributed by atoms with Crippen molar-refractivity contribution in [3.63, 3.8) is 0 Å². The van der Waals surface area contributed by atoms with E-state index in [0.29, 0.717) is 26.4 Å². The predicted molar refractivity (Wildman–Crippen MR) is 98.3 cm³/mol. The number of fused-ring (bicyclic) bond motifs is 1. The van der Waals surface area contributed by atoms with Crippen LogP contribution in [0.5, 0.6) is 5.75 Å². The van der Waals surface area contributed by atoms with Crippen molar-refractivity contribution in [2.24, 2.45) is 0 Å². The lowest BCUT2D eigenvalue weighted by molar-refractivity contribution is -0.145. The molecule has 0 atom stereocenters. The van der Waals surface area contributed by atoms with E-state index >= 15 is 0 Å². The molecular weight excluding hydrogens is 357 g/mol. The molecule has 1 amide bonds. The number of esters is 1. The highest BCUT2D eigenvalue weighted by Gasteiger charge is 2.13. The number of halogens is 1. The second-order valence-corrected chi connectivity index (χ2v) is 6.42. The highest BCUT2D eigenvalue weighted by Crippen LogP contribution is 2.28. The van der Waals surface area contributed by atoms with Gasteiger partial charge in [0.15, 0.2) is 6.61 Å². The average Bonchev–Trinajstić information content (AvgIpc) is 3.07. The number of amides is 1. The number of thiophene rings is 1. The molecule has 134 valence electrons. The topological polar surface area (TPSA) is 64.6 Å². The van der Waals surface area contributed by atoms with Gasteiger partial charge in [-0.05, 0) is 37.3 Å². The standard InChI is InChI=1S/C19H16FNO4S/c1-2-24-18(22)11-25-13-6-3-5-12(9-13)21-19(23)17-10-14-15(20)7-4-8-16(14)26-17/h3-10H,2,11H2,1H3,(H,21,23). The van der Waals surface area contributed by atoms with E-state index in [2.05, 4.69) is 5.32 Å². The van der Waals surface area contributed by atoms with Gasteiger partial charge < -0.3 is 14.8 Å². The first-order chi connectivity index (χ1) is 12.6. The van der Waals surface area contributed by atoms with Crippen LogP contribution in [0, 0.1) is 5.82 Å². The van der Waals surface area contributed by atoms with Crippen molar-refractivity contribution in [2.75, 3.05) is 18.5 Å². The number of nitrogens with one attached hydrogen (secondary N) is 1. The van der Waals surface area contributed by atoms with Gasteiger partial charge in [-0.3, -0.25) is 4.79 Å². The number of hydrogen-bond donors (Lipinski definition) is 1. The summed E-state index contributed by atoms with van der Waals surface area (Å²) in [6.45, 7) is 1.79. The minimum atomic E-state index is -0.464. The van der Waals surface area contributed by atoms with Crippen LogP contribution in [0.25, 0.3) is 10.1 Å². The van der Waals surface area contributed by atoms with Gasteiger partial charge in [0.1, 0.15) is 11.6 Å². The Morgan fingerprint density at radius 1 is 1.15 bits per heavy atom. The van der Waals surface area contributed by atoms with Gasteiger partial charge >= 0.3 is 5.97 Å². The first-order valence-electron chi connectivity index (χ1n) is 7.94. The molecule has 7 heteroatoms. The summed E-state index contributed by atoms with van der Waals surface area (Å²) < 4.78 is 24.6. The Labute approximate surface area is 153 Å². The zero-order chi connectivity index (χ0) is 18.5. The Morgan fingerprint density at radius 2 is 1.96 bits per heavy atom. The Balaban J connectivity index is 1.69. The van der Waals surface area contributed by atoms with Crippen LogP contribution >= 0.6 is 11.3 Å². The fourth-order valence-corrected chi connectivity index (χ4v) is 3.31. The van der Waals surface area contributed by atoms with Crippen molar-refractivity contribution < 1.29 is 23.5 Å². The molecule has 1 heterocycles. The van der Waals surface area contributed by atoms with Crippen LogP contribution in [-0.2, 0) is 9.53 Å². The van der Waals surface area contributed by atoms with E-state index in [4.69, 9.17) is 9.47 Å². The summed E-state index contributed by atoms with van der Waals surface area (Å²) in [6.07, 6.45) is 0. The van der Waals surface area contributed by atoms with Crippen molar-refractivity contribution in [1.82, 2.24) is 0 Å². The van der Waals surface area contributed by atoms with Crippen LogP contribution in [0.1, 0.15) is 16.6 Å². The normalized spacial score (nSPS) is 10.5. The molecule has 0 unspecified atom stereocenters. The molecule has 0 saturated heterocycles. The second-order valence-electron chi connectivity index (χ2n) is 5.34. The highest BCUT2D eigenvalue weighted by atomic mass is 32.1. The number of ether oxygens (including phenoxy) is 2. The van der Waals surface area contributed by atoms with Crippen LogP contribution in [0.3, 0.4) is 0 Å². The fourth-order valence-electron chi connectivity index (χ4n) is 2.34. The van der Waals surface area contributed by atoms with Crippen molar-refractivity contribution in [3.05, 3.63) is 59.2 Å². The van der Waals surface area contributed by atoms with Crippen LogP contribution in [0.15, 0.2) is 48.5 Å². The van der Waals surface area contributed by atoms with Crippen LogP contribution in [0.2, 0.25) is 0 Å². The molecule has 0 aliphatic rings. The largest absolute Gasteiger partial charge is 0.482 e. The van der Waals surface area contributed by atoms with Crippen molar-refractivity contribution in [1.29, 1.82) is 0 Å². The minimum Gasteiger partial charge on any atom is -0.482 e. The predicted octanol–water partition coefficient (Wildman–Crippen LogP) is 4.23. The number of anilines is 1. The van der Waals surface area contributed by atoms with E-state index in [1.807, 2.05) is 0 Å². The third-order valence-corrected chi connectivity index (χ3v) is 4.59. The van der Waals surface area contributed by atoms with Gasteiger partial charge in [0, 0.05) is 21.8 Å². The summed E-state index contributed by atoms with van der Waals surface area (Å²) in [5.41, 5.74) is 0.509. The molecule has 3 rings (SSSR count). The molecule has 26 heavy (non-hydrogen) atoms. The van der Waals surface area contributed by atoms with Gasteiger partial charge in [-0.25, -0.2) is 9.18 Å².